The number of aromatic nitrogens is 3. The van der Waals surface area contributed by atoms with Crippen molar-refractivity contribution in [2.75, 3.05) is 0 Å². The molecule has 3 aromatic carbocycles. The van der Waals surface area contributed by atoms with Crippen LogP contribution in [-0.4, -0.2) is 14.1 Å². The summed E-state index contributed by atoms with van der Waals surface area (Å²) in [6, 6.07) is 25.3. The van der Waals surface area contributed by atoms with Gasteiger partial charge in [-0.15, -0.1) is 0 Å². The Hall–Kier alpha value is -3.07. The maximum atomic E-state index is 4.88. The Morgan fingerprint density at radius 1 is 0.652 bits per heavy atom. The molecule has 3 nitrogen and oxygen atoms in total. The highest BCUT2D eigenvalue weighted by Crippen LogP contribution is 2.32. The van der Waals surface area contributed by atoms with E-state index >= 15 is 0 Å². The molecule has 0 fully saturated rings. The molecule has 0 saturated carbocycles. The quantitative estimate of drug-likeness (QED) is 0.441. The van der Waals surface area contributed by atoms with Crippen molar-refractivity contribution in [3.63, 3.8) is 0 Å². The van der Waals surface area contributed by atoms with E-state index in [-0.39, 0.29) is 0 Å². The minimum Gasteiger partial charge on any atom is -0.313 e. The third-order valence-corrected chi connectivity index (χ3v) is 4.54. The van der Waals surface area contributed by atoms with Crippen molar-refractivity contribution in [1.29, 1.82) is 0 Å². The van der Waals surface area contributed by atoms with E-state index in [2.05, 4.69) is 82.9 Å². The van der Waals surface area contributed by atoms with E-state index in [9.17, 15) is 0 Å². The lowest BCUT2D eigenvalue weighted by Crippen LogP contribution is -2.02. The largest absolute Gasteiger partial charge is 0.313 e. The van der Waals surface area contributed by atoms with E-state index in [0.717, 1.165) is 17.0 Å². The van der Waals surface area contributed by atoms with Crippen LogP contribution >= 0.6 is 0 Å². The van der Waals surface area contributed by atoms with Gasteiger partial charge in [0.05, 0.1) is 22.1 Å². The molecule has 0 radical (unpaired) electrons. The Morgan fingerprint density at radius 3 is 1.78 bits per heavy atom. The molecule has 110 valence electrons. The van der Waals surface area contributed by atoms with Crippen molar-refractivity contribution in [3.05, 3.63) is 72.8 Å². The van der Waals surface area contributed by atoms with E-state index in [1.165, 1.54) is 21.8 Å². The van der Waals surface area contributed by atoms with E-state index in [1.807, 2.05) is 6.07 Å². The molecular formula is C20H15N3. The summed E-state index contributed by atoms with van der Waals surface area (Å²) >= 11 is 0. The van der Waals surface area contributed by atoms with Crippen molar-refractivity contribution in [2.45, 2.75) is 0 Å². The Labute approximate surface area is 133 Å². The first kappa shape index (κ1) is 12.5. The van der Waals surface area contributed by atoms with Gasteiger partial charge in [-0.2, -0.15) is 0 Å². The van der Waals surface area contributed by atoms with Gasteiger partial charge in [0, 0.05) is 17.8 Å². The number of nitrogens with zero attached hydrogens (tertiary/aromatic N) is 3. The van der Waals surface area contributed by atoms with Gasteiger partial charge >= 0.3 is 0 Å². The molecule has 0 aliphatic heterocycles. The molecule has 0 N–H and O–H groups in total. The molecule has 3 heteroatoms. The molecule has 23 heavy (non-hydrogen) atoms. The first-order valence-electron chi connectivity index (χ1n) is 7.74. The lowest BCUT2D eigenvalue weighted by molar-refractivity contribution is 0.870. The molecule has 2 heterocycles. The Bertz CT molecular complexity index is 1120. The standard InChI is InChI=1S/C20H15N3/c1-22-19-13-7-4-10-16(19)21-20(22)23-17-11-5-2-8-14(17)15-9-3-6-12-18(15)23/h2-13H,1H3. The second-order valence-electron chi connectivity index (χ2n) is 5.83. The van der Waals surface area contributed by atoms with Crippen molar-refractivity contribution < 1.29 is 0 Å². The number of benzene rings is 3. The monoisotopic (exact) mass is 297 g/mol. The van der Waals surface area contributed by atoms with Crippen LogP contribution in [0, 0.1) is 0 Å². The van der Waals surface area contributed by atoms with Gasteiger partial charge in [-0.3, -0.25) is 4.57 Å². The van der Waals surface area contributed by atoms with Gasteiger partial charge in [0.25, 0.3) is 0 Å². The van der Waals surface area contributed by atoms with Crippen molar-refractivity contribution in [2.24, 2.45) is 7.05 Å². The third kappa shape index (κ3) is 1.62. The maximum Gasteiger partial charge on any atom is 0.215 e. The summed E-state index contributed by atoms with van der Waals surface area (Å²) in [4.78, 5) is 4.88. The Kier molecular flexibility index (Phi) is 2.42. The topological polar surface area (TPSA) is 22.8 Å². The molecule has 0 aliphatic rings. The van der Waals surface area contributed by atoms with Gasteiger partial charge in [0.1, 0.15) is 0 Å². The molecule has 2 aromatic heterocycles. The third-order valence-electron chi connectivity index (χ3n) is 4.54. The number of imidazole rings is 1. The molecule has 5 rings (SSSR count). The highest BCUT2D eigenvalue weighted by atomic mass is 15.2. The first-order valence-corrected chi connectivity index (χ1v) is 7.74. The van der Waals surface area contributed by atoms with Gasteiger partial charge in [0.2, 0.25) is 5.95 Å². The highest BCUT2D eigenvalue weighted by molar-refractivity contribution is 6.09. The van der Waals surface area contributed by atoms with E-state index < -0.39 is 0 Å². The van der Waals surface area contributed by atoms with Crippen molar-refractivity contribution >= 4 is 32.8 Å². The highest BCUT2D eigenvalue weighted by Gasteiger charge is 2.16. The lowest BCUT2D eigenvalue weighted by atomic mass is 10.2. The van der Waals surface area contributed by atoms with E-state index in [4.69, 9.17) is 4.98 Å². The summed E-state index contributed by atoms with van der Waals surface area (Å²) in [6.45, 7) is 0. The zero-order valence-electron chi connectivity index (χ0n) is 12.8. The van der Waals surface area contributed by atoms with Gasteiger partial charge in [-0.1, -0.05) is 48.5 Å². The van der Waals surface area contributed by atoms with Crippen LogP contribution < -0.4 is 0 Å². The number of rotatable bonds is 1. The van der Waals surface area contributed by atoms with Gasteiger partial charge in [0.15, 0.2) is 0 Å². The fourth-order valence-electron chi connectivity index (χ4n) is 3.47. The second-order valence-corrected chi connectivity index (χ2v) is 5.83. The molecule has 0 bridgehead atoms. The normalized spacial score (nSPS) is 11.7. The number of hydrogen-bond acceptors (Lipinski definition) is 1. The Balaban J connectivity index is 2.00. The minimum atomic E-state index is 0.948. The average molecular weight is 297 g/mol. The van der Waals surface area contributed by atoms with Crippen LogP contribution in [-0.2, 0) is 7.05 Å². The molecule has 0 spiro atoms. The molecule has 0 atom stereocenters. The SMILES string of the molecule is Cn1c(-n2c3ccccc3c3ccccc32)nc2ccccc21. The van der Waals surface area contributed by atoms with Crippen LogP contribution in [0.15, 0.2) is 72.8 Å². The molecule has 0 aliphatic carbocycles. The fourth-order valence-corrected chi connectivity index (χ4v) is 3.47. The van der Waals surface area contributed by atoms with Crippen LogP contribution in [0.4, 0.5) is 0 Å². The Morgan fingerprint density at radius 2 is 1.17 bits per heavy atom. The molecule has 0 saturated heterocycles. The molecule has 0 unspecified atom stereocenters. The summed E-state index contributed by atoms with van der Waals surface area (Å²) in [5.41, 5.74) is 4.54. The summed E-state index contributed by atoms with van der Waals surface area (Å²) < 4.78 is 4.42. The van der Waals surface area contributed by atoms with Gasteiger partial charge in [-0.05, 0) is 24.3 Å². The van der Waals surface area contributed by atoms with Crippen molar-refractivity contribution in [3.8, 4) is 5.95 Å². The summed E-state index contributed by atoms with van der Waals surface area (Å²) in [5, 5.41) is 2.52. The number of fused-ring (bicyclic) bond motifs is 4. The number of hydrogen-bond donors (Lipinski definition) is 0. The van der Waals surface area contributed by atoms with Crippen molar-refractivity contribution in [1.82, 2.24) is 14.1 Å². The van der Waals surface area contributed by atoms with Crippen LogP contribution in [0.1, 0.15) is 0 Å². The fraction of sp³-hybridized carbons (Fsp3) is 0.0500. The van der Waals surface area contributed by atoms with Crippen LogP contribution in [0.3, 0.4) is 0 Å². The van der Waals surface area contributed by atoms with E-state index in [1.54, 1.807) is 0 Å². The van der Waals surface area contributed by atoms with Crippen LogP contribution in [0.5, 0.6) is 0 Å². The summed E-state index contributed by atoms with van der Waals surface area (Å²) in [7, 11) is 2.08. The summed E-state index contributed by atoms with van der Waals surface area (Å²) in [6.07, 6.45) is 0. The first-order chi connectivity index (χ1) is 11.3. The zero-order valence-corrected chi connectivity index (χ0v) is 12.8. The summed E-state index contributed by atoms with van der Waals surface area (Å²) in [5.74, 6) is 0.948. The van der Waals surface area contributed by atoms with Crippen LogP contribution in [0.25, 0.3) is 38.8 Å². The zero-order chi connectivity index (χ0) is 15.4. The second kappa shape index (κ2) is 4.46. The van der Waals surface area contributed by atoms with Crippen LogP contribution in [0.2, 0.25) is 0 Å². The predicted molar refractivity (Wildman–Crippen MR) is 95.1 cm³/mol. The average Bonchev–Trinajstić information content (AvgIpc) is 3.11. The minimum absolute atomic E-state index is 0.948. The van der Waals surface area contributed by atoms with E-state index in [0.29, 0.717) is 0 Å². The predicted octanol–water partition coefficient (Wildman–Crippen LogP) is 4.67. The molecular weight excluding hydrogens is 282 g/mol. The molecule has 5 aromatic rings. The van der Waals surface area contributed by atoms with Gasteiger partial charge in [-0.25, -0.2) is 4.98 Å². The number of aryl methyl sites for hydroxylation is 1. The number of para-hydroxylation sites is 4. The molecule has 0 amide bonds. The maximum absolute atomic E-state index is 4.88. The smallest absolute Gasteiger partial charge is 0.215 e. The van der Waals surface area contributed by atoms with Gasteiger partial charge < -0.3 is 4.57 Å². The lowest BCUT2D eigenvalue weighted by Gasteiger charge is -2.07.